The number of methoxy groups -OCH3 is 1. The molecule has 2 aromatic carbocycles. The summed E-state index contributed by atoms with van der Waals surface area (Å²) < 4.78 is 5.17. The van der Waals surface area contributed by atoms with Crippen LogP contribution in [0.15, 0.2) is 48.5 Å². The molecule has 1 aliphatic heterocycles. The van der Waals surface area contributed by atoms with Crippen molar-refractivity contribution >= 4 is 35.1 Å². The summed E-state index contributed by atoms with van der Waals surface area (Å²) in [5.74, 6) is -1.22. The van der Waals surface area contributed by atoms with Crippen molar-refractivity contribution in [1.82, 2.24) is 4.90 Å². The summed E-state index contributed by atoms with van der Waals surface area (Å²) in [6, 6.07) is 14.2. The van der Waals surface area contributed by atoms with Crippen molar-refractivity contribution in [2.75, 3.05) is 13.7 Å². The maximum absolute atomic E-state index is 13.1. The van der Waals surface area contributed by atoms with Gasteiger partial charge in [0, 0.05) is 28.9 Å². The van der Waals surface area contributed by atoms with Crippen LogP contribution in [-0.2, 0) is 14.3 Å². The zero-order chi connectivity index (χ0) is 20.3. The van der Waals surface area contributed by atoms with E-state index in [-0.39, 0.29) is 24.2 Å². The van der Waals surface area contributed by atoms with E-state index < -0.39 is 12.0 Å². The highest BCUT2D eigenvalue weighted by Crippen LogP contribution is 2.47. The topological polar surface area (TPSA) is 46.6 Å². The second-order valence-corrected chi connectivity index (χ2v) is 7.81. The fraction of sp³-hybridized carbons (Fsp3) is 0.364. The van der Waals surface area contributed by atoms with E-state index in [1.165, 1.54) is 7.11 Å². The van der Waals surface area contributed by atoms with E-state index >= 15 is 0 Å². The van der Waals surface area contributed by atoms with Gasteiger partial charge in [-0.3, -0.25) is 9.59 Å². The molecule has 3 rings (SSSR count). The average molecular weight is 420 g/mol. The molecule has 0 N–H and O–H groups in total. The normalized spacial score (nSPS) is 22.2. The number of rotatable bonds is 5. The van der Waals surface area contributed by atoms with Crippen molar-refractivity contribution in [1.29, 1.82) is 0 Å². The van der Waals surface area contributed by atoms with Crippen LogP contribution in [0.4, 0.5) is 0 Å². The van der Waals surface area contributed by atoms with Gasteiger partial charge in [-0.05, 0) is 35.7 Å². The van der Waals surface area contributed by atoms with Gasteiger partial charge in [0.15, 0.2) is 0 Å². The number of halogens is 2. The van der Waals surface area contributed by atoms with E-state index in [1.807, 2.05) is 37.3 Å². The Morgan fingerprint density at radius 3 is 2.43 bits per heavy atom. The standard InChI is InChI=1S/C22H23Cl2NO3/c1-3-12-25-19(26)13-17(14-8-10-15(23)11-9-14)20(22(27)28-2)21(25)16-6-4-5-7-18(16)24/h4-11,17,20-21H,3,12-13H2,1-2H3/t17-,20+,21-/m1/s1. The van der Waals surface area contributed by atoms with Gasteiger partial charge in [-0.2, -0.15) is 0 Å². The number of carbonyl (C=O) groups is 2. The summed E-state index contributed by atoms with van der Waals surface area (Å²) >= 11 is 12.5. The van der Waals surface area contributed by atoms with Gasteiger partial charge in [0.1, 0.15) is 0 Å². The minimum absolute atomic E-state index is 0.00636. The number of ether oxygens (including phenoxy) is 1. The second kappa shape index (κ2) is 8.97. The third-order valence-electron chi connectivity index (χ3n) is 5.28. The van der Waals surface area contributed by atoms with Crippen LogP contribution in [0.2, 0.25) is 10.0 Å². The molecule has 1 heterocycles. The van der Waals surface area contributed by atoms with Crippen LogP contribution in [0.1, 0.15) is 42.9 Å². The summed E-state index contributed by atoms with van der Waals surface area (Å²) in [5.41, 5.74) is 1.65. The first-order chi connectivity index (χ1) is 13.5. The lowest BCUT2D eigenvalue weighted by molar-refractivity contribution is -0.156. The molecule has 0 radical (unpaired) electrons. The van der Waals surface area contributed by atoms with E-state index in [9.17, 15) is 9.59 Å². The highest BCUT2D eigenvalue weighted by molar-refractivity contribution is 6.31. The minimum atomic E-state index is -0.560. The van der Waals surface area contributed by atoms with Gasteiger partial charge in [0.25, 0.3) is 0 Å². The minimum Gasteiger partial charge on any atom is -0.469 e. The molecular formula is C22H23Cl2NO3. The second-order valence-electron chi connectivity index (χ2n) is 6.96. The summed E-state index contributed by atoms with van der Waals surface area (Å²) in [6.45, 7) is 2.56. The third kappa shape index (κ3) is 4.03. The van der Waals surface area contributed by atoms with Gasteiger partial charge in [-0.15, -0.1) is 0 Å². The van der Waals surface area contributed by atoms with Crippen molar-refractivity contribution in [2.24, 2.45) is 5.92 Å². The number of hydrogen-bond donors (Lipinski definition) is 0. The number of nitrogens with zero attached hydrogens (tertiary/aromatic N) is 1. The van der Waals surface area contributed by atoms with E-state index in [0.29, 0.717) is 16.6 Å². The van der Waals surface area contributed by atoms with Crippen molar-refractivity contribution in [3.63, 3.8) is 0 Å². The van der Waals surface area contributed by atoms with Crippen LogP contribution in [0, 0.1) is 5.92 Å². The van der Waals surface area contributed by atoms with Crippen LogP contribution < -0.4 is 0 Å². The molecule has 28 heavy (non-hydrogen) atoms. The fourth-order valence-corrected chi connectivity index (χ4v) is 4.42. The highest BCUT2D eigenvalue weighted by Gasteiger charge is 2.48. The molecular weight excluding hydrogens is 397 g/mol. The number of hydrogen-bond acceptors (Lipinski definition) is 3. The van der Waals surface area contributed by atoms with Gasteiger partial charge in [0.2, 0.25) is 5.91 Å². The highest BCUT2D eigenvalue weighted by atomic mass is 35.5. The first-order valence-electron chi connectivity index (χ1n) is 9.35. The van der Waals surface area contributed by atoms with E-state index in [2.05, 4.69) is 0 Å². The summed E-state index contributed by atoms with van der Waals surface area (Å²) in [6.07, 6.45) is 1.02. The molecule has 1 aliphatic rings. The van der Waals surface area contributed by atoms with Crippen LogP contribution in [0.25, 0.3) is 0 Å². The molecule has 0 saturated carbocycles. The van der Waals surface area contributed by atoms with Crippen molar-refractivity contribution in [3.8, 4) is 0 Å². The molecule has 1 amide bonds. The largest absolute Gasteiger partial charge is 0.469 e. The van der Waals surface area contributed by atoms with Crippen molar-refractivity contribution < 1.29 is 14.3 Å². The number of benzene rings is 2. The molecule has 6 heteroatoms. The molecule has 1 fully saturated rings. The van der Waals surface area contributed by atoms with E-state index in [1.54, 1.807) is 23.1 Å². The number of carbonyl (C=O) groups excluding carboxylic acids is 2. The Morgan fingerprint density at radius 1 is 1.14 bits per heavy atom. The summed E-state index contributed by atoms with van der Waals surface area (Å²) in [4.78, 5) is 27.8. The van der Waals surface area contributed by atoms with Gasteiger partial charge >= 0.3 is 5.97 Å². The lowest BCUT2D eigenvalue weighted by Gasteiger charge is -2.44. The van der Waals surface area contributed by atoms with Crippen LogP contribution in [0.3, 0.4) is 0 Å². The van der Waals surface area contributed by atoms with Gasteiger partial charge in [-0.25, -0.2) is 0 Å². The van der Waals surface area contributed by atoms with E-state index in [0.717, 1.165) is 17.5 Å². The zero-order valence-electron chi connectivity index (χ0n) is 15.9. The Bertz CT molecular complexity index is 851. The van der Waals surface area contributed by atoms with E-state index in [4.69, 9.17) is 27.9 Å². The molecule has 0 aromatic heterocycles. The third-order valence-corrected chi connectivity index (χ3v) is 5.88. The Morgan fingerprint density at radius 2 is 1.82 bits per heavy atom. The predicted molar refractivity (Wildman–Crippen MR) is 111 cm³/mol. The first kappa shape index (κ1) is 20.7. The van der Waals surface area contributed by atoms with Gasteiger partial charge < -0.3 is 9.64 Å². The van der Waals surface area contributed by atoms with Crippen LogP contribution >= 0.6 is 23.2 Å². The molecule has 0 spiro atoms. The van der Waals surface area contributed by atoms with Crippen molar-refractivity contribution in [2.45, 2.75) is 31.7 Å². The SMILES string of the molecule is CCCN1C(=O)C[C@H](c2ccc(Cl)cc2)[C@H](C(=O)OC)[C@H]1c1ccccc1Cl. The summed E-state index contributed by atoms with van der Waals surface area (Å²) in [7, 11) is 1.38. The molecule has 0 aliphatic carbocycles. The summed E-state index contributed by atoms with van der Waals surface area (Å²) in [5, 5.41) is 1.14. The molecule has 0 unspecified atom stereocenters. The maximum atomic E-state index is 13.1. The van der Waals surface area contributed by atoms with Crippen LogP contribution in [-0.4, -0.2) is 30.4 Å². The smallest absolute Gasteiger partial charge is 0.311 e. The lowest BCUT2D eigenvalue weighted by atomic mass is 9.73. The molecule has 2 aromatic rings. The Hall–Kier alpha value is -2.04. The average Bonchev–Trinajstić information content (AvgIpc) is 2.70. The van der Waals surface area contributed by atoms with Gasteiger partial charge in [0.05, 0.1) is 19.1 Å². The first-order valence-corrected chi connectivity index (χ1v) is 10.1. The molecule has 148 valence electrons. The Balaban J connectivity index is 2.15. The van der Waals surface area contributed by atoms with Crippen molar-refractivity contribution in [3.05, 3.63) is 69.7 Å². The number of piperidine rings is 1. The Kier molecular flexibility index (Phi) is 6.63. The number of esters is 1. The molecule has 3 atom stereocenters. The molecule has 4 nitrogen and oxygen atoms in total. The predicted octanol–water partition coefficient (Wildman–Crippen LogP) is 5.25. The monoisotopic (exact) mass is 419 g/mol. The molecule has 1 saturated heterocycles. The number of likely N-dealkylation sites (tertiary alicyclic amines) is 1. The number of amides is 1. The zero-order valence-corrected chi connectivity index (χ0v) is 17.4. The maximum Gasteiger partial charge on any atom is 0.311 e. The Labute approximate surface area is 175 Å². The lowest BCUT2D eigenvalue weighted by Crippen LogP contribution is -2.49. The molecule has 0 bridgehead atoms. The van der Waals surface area contributed by atoms with Gasteiger partial charge in [-0.1, -0.05) is 60.5 Å². The quantitative estimate of drug-likeness (QED) is 0.621. The van der Waals surface area contributed by atoms with Crippen LogP contribution in [0.5, 0.6) is 0 Å². The fourth-order valence-electron chi connectivity index (χ4n) is 4.05.